The summed E-state index contributed by atoms with van der Waals surface area (Å²) in [6.45, 7) is 5.58. The highest BCUT2D eigenvalue weighted by Crippen LogP contribution is 2.14. The third-order valence-electron chi connectivity index (χ3n) is 3.04. The fourth-order valence-electron chi connectivity index (χ4n) is 1.65. The van der Waals surface area contributed by atoms with Crippen LogP contribution in [-0.2, 0) is 11.8 Å². The van der Waals surface area contributed by atoms with Crippen LogP contribution in [0.5, 0.6) is 0 Å². The van der Waals surface area contributed by atoms with Gasteiger partial charge in [0.15, 0.2) is 5.78 Å². The molecule has 2 aromatic heterocycles. The molecule has 0 saturated heterocycles. The molecule has 2 heterocycles. The van der Waals surface area contributed by atoms with E-state index in [2.05, 4.69) is 4.98 Å². The Balaban J connectivity index is 2.58. The molecule has 21 heavy (non-hydrogen) atoms. The average molecular weight is 302 g/mol. The predicted octanol–water partition coefficient (Wildman–Crippen LogP) is 1.07. The molecule has 0 amide bonds. The Morgan fingerprint density at radius 1 is 1.38 bits per heavy atom. The molecule has 0 unspecified atom stereocenters. The van der Waals surface area contributed by atoms with Gasteiger partial charge in [0.25, 0.3) is 5.56 Å². The zero-order valence-electron chi connectivity index (χ0n) is 12.6. The molecule has 5 heteroatoms. The second kappa shape index (κ2) is 5.77. The summed E-state index contributed by atoms with van der Waals surface area (Å²) >= 11 is 1.32. The number of carbonyl (C=O) groups excluding carboxylic acids is 1. The lowest BCUT2D eigenvalue weighted by molar-refractivity contribution is -0.120. The van der Waals surface area contributed by atoms with Crippen molar-refractivity contribution in [3.63, 3.8) is 0 Å². The maximum absolute atomic E-state index is 12.2. The second-order valence-corrected chi connectivity index (χ2v) is 6.92. The smallest absolute Gasteiger partial charge is 0.268 e. The quantitative estimate of drug-likeness (QED) is 0.834. The number of thiazole rings is 1. The van der Waals surface area contributed by atoms with Gasteiger partial charge in [-0.3, -0.25) is 14.6 Å². The maximum atomic E-state index is 12.2. The Bertz CT molecular complexity index is 824. The van der Waals surface area contributed by atoms with Crippen molar-refractivity contribution in [2.45, 2.75) is 20.8 Å². The zero-order chi connectivity index (χ0) is 15.6. The average Bonchev–Trinajstić information content (AvgIpc) is 2.67. The number of Topliss-reactive ketones (excluding diaryl/α,β-unsaturated/α-hetero) is 1. The lowest BCUT2D eigenvalue weighted by Crippen LogP contribution is -2.30. The van der Waals surface area contributed by atoms with Gasteiger partial charge in [0, 0.05) is 30.9 Å². The number of rotatable bonds is 2. The first kappa shape index (κ1) is 15.4. The van der Waals surface area contributed by atoms with Crippen LogP contribution < -0.4 is 14.8 Å². The molecule has 0 aliphatic rings. The van der Waals surface area contributed by atoms with Crippen molar-refractivity contribution < 1.29 is 4.79 Å². The molecular formula is C16H18N2O2S. The molecule has 0 fully saturated rings. The topological polar surface area (TPSA) is 52.0 Å². The molecule has 0 saturated carbocycles. The predicted molar refractivity (Wildman–Crippen MR) is 85.5 cm³/mol. The molecule has 0 bridgehead atoms. The third kappa shape index (κ3) is 3.55. The summed E-state index contributed by atoms with van der Waals surface area (Å²) in [6.07, 6.45) is 6.72. The Hall–Kier alpha value is -2.01. The molecule has 4 nitrogen and oxygen atoms in total. The molecule has 0 atom stereocenters. The second-order valence-electron chi connectivity index (χ2n) is 5.86. The van der Waals surface area contributed by atoms with E-state index in [1.165, 1.54) is 15.9 Å². The van der Waals surface area contributed by atoms with Crippen molar-refractivity contribution in [1.29, 1.82) is 0 Å². The highest BCUT2D eigenvalue weighted by molar-refractivity contribution is 7.07. The fourth-order valence-corrected chi connectivity index (χ4v) is 2.68. The lowest BCUT2D eigenvalue weighted by Gasteiger charge is -2.12. The number of hydrogen-bond acceptors (Lipinski definition) is 4. The Kier molecular flexibility index (Phi) is 4.23. The molecule has 2 aromatic rings. The van der Waals surface area contributed by atoms with Crippen LogP contribution in [0.2, 0.25) is 0 Å². The molecule has 0 radical (unpaired) electrons. The zero-order valence-corrected chi connectivity index (χ0v) is 13.4. The van der Waals surface area contributed by atoms with E-state index < -0.39 is 5.41 Å². The maximum Gasteiger partial charge on any atom is 0.268 e. The van der Waals surface area contributed by atoms with E-state index in [1.807, 2.05) is 32.9 Å². The summed E-state index contributed by atoms with van der Waals surface area (Å²) in [4.78, 5) is 28.3. The van der Waals surface area contributed by atoms with Crippen molar-refractivity contribution in [2.24, 2.45) is 12.5 Å². The summed E-state index contributed by atoms with van der Waals surface area (Å²) in [6, 6.07) is 3.70. The number of pyridine rings is 1. The van der Waals surface area contributed by atoms with Gasteiger partial charge < -0.3 is 4.57 Å². The molecule has 0 spiro atoms. The van der Waals surface area contributed by atoms with Crippen molar-refractivity contribution >= 4 is 29.3 Å². The molecular weight excluding hydrogens is 284 g/mol. The Labute approximate surface area is 127 Å². The van der Waals surface area contributed by atoms with Crippen molar-refractivity contribution in [1.82, 2.24) is 9.55 Å². The van der Waals surface area contributed by atoms with Gasteiger partial charge in [0.2, 0.25) is 0 Å². The Morgan fingerprint density at radius 3 is 2.67 bits per heavy atom. The molecule has 0 aliphatic heterocycles. The minimum Gasteiger partial charge on any atom is -0.302 e. The number of aromatic nitrogens is 2. The number of nitrogens with zero attached hydrogens (tertiary/aromatic N) is 2. The van der Waals surface area contributed by atoms with Gasteiger partial charge in [0.1, 0.15) is 4.66 Å². The highest BCUT2D eigenvalue weighted by atomic mass is 32.1. The summed E-state index contributed by atoms with van der Waals surface area (Å²) < 4.78 is 2.77. The van der Waals surface area contributed by atoms with Crippen LogP contribution in [0, 0.1) is 5.41 Å². The van der Waals surface area contributed by atoms with Gasteiger partial charge in [0.05, 0.1) is 4.53 Å². The van der Waals surface area contributed by atoms with E-state index in [1.54, 1.807) is 31.6 Å². The lowest BCUT2D eigenvalue weighted by atomic mass is 9.91. The van der Waals surface area contributed by atoms with Crippen LogP contribution in [0.3, 0.4) is 0 Å². The molecule has 0 N–H and O–H groups in total. The minimum absolute atomic E-state index is 0.00674. The largest absolute Gasteiger partial charge is 0.302 e. The van der Waals surface area contributed by atoms with E-state index in [4.69, 9.17) is 0 Å². The van der Waals surface area contributed by atoms with Crippen LogP contribution in [0.25, 0.3) is 12.2 Å². The van der Waals surface area contributed by atoms with Crippen molar-refractivity contribution in [3.05, 3.63) is 49.6 Å². The normalized spacial score (nSPS) is 13.7. The van der Waals surface area contributed by atoms with E-state index in [0.29, 0.717) is 9.20 Å². The van der Waals surface area contributed by atoms with Gasteiger partial charge in [-0.15, -0.1) is 11.3 Å². The molecule has 110 valence electrons. The van der Waals surface area contributed by atoms with Crippen LogP contribution in [0.4, 0.5) is 0 Å². The summed E-state index contributed by atoms with van der Waals surface area (Å²) in [5.74, 6) is 0.00674. The first-order valence-electron chi connectivity index (χ1n) is 6.63. The van der Waals surface area contributed by atoms with Crippen molar-refractivity contribution in [3.8, 4) is 0 Å². The Morgan fingerprint density at radius 2 is 2.10 bits per heavy atom. The summed E-state index contributed by atoms with van der Waals surface area (Å²) in [5, 5.41) is 0. The number of ketones is 1. The SMILES string of the molecule is Cn1c(=CC(=O)C(C)(C)C)sc(=Cc2cccnc2)c1=O. The summed E-state index contributed by atoms with van der Waals surface area (Å²) in [7, 11) is 1.68. The number of carbonyl (C=O) groups is 1. The first-order valence-corrected chi connectivity index (χ1v) is 7.44. The van der Waals surface area contributed by atoms with Gasteiger partial charge in [-0.1, -0.05) is 26.8 Å². The monoisotopic (exact) mass is 302 g/mol. The van der Waals surface area contributed by atoms with Crippen LogP contribution in [0.1, 0.15) is 26.3 Å². The molecule has 0 aromatic carbocycles. The summed E-state index contributed by atoms with van der Waals surface area (Å²) in [5.41, 5.74) is 0.315. The number of hydrogen-bond donors (Lipinski definition) is 0. The van der Waals surface area contributed by atoms with Gasteiger partial charge in [-0.25, -0.2) is 0 Å². The molecule has 0 aliphatic carbocycles. The fraction of sp³-hybridized carbons (Fsp3) is 0.312. The van der Waals surface area contributed by atoms with Crippen LogP contribution >= 0.6 is 11.3 Å². The van der Waals surface area contributed by atoms with Gasteiger partial charge >= 0.3 is 0 Å². The van der Waals surface area contributed by atoms with Crippen LogP contribution in [0.15, 0.2) is 29.3 Å². The van der Waals surface area contributed by atoms with Gasteiger partial charge in [-0.2, -0.15) is 0 Å². The standard InChI is InChI=1S/C16H18N2O2S/c1-16(2,3)13(19)9-14-18(4)15(20)12(21-14)8-11-6-5-7-17-10-11/h5-10H,1-4H3. The highest BCUT2D eigenvalue weighted by Gasteiger charge is 2.19. The van der Waals surface area contributed by atoms with E-state index in [0.717, 1.165) is 5.56 Å². The minimum atomic E-state index is -0.451. The molecule has 2 rings (SSSR count). The van der Waals surface area contributed by atoms with E-state index >= 15 is 0 Å². The third-order valence-corrected chi connectivity index (χ3v) is 4.15. The van der Waals surface area contributed by atoms with E-state index in [-0.39, 0.29) is 11.3 Å². The van der Waals surface area contributed by atoms with E-state index in [9.17, 15) is 9.59 Å². The van der Waals surface area contributed by atoms with Gasteiger partial charge in [-0.05, 0) is 17.7 Å². The van der Waals surface area contributed by atoms with Crippen molar-refractivity contribution in [2.75, 3.05) is 0 Å². The van der Waals surface area contributed by atoms with Crippen LogP contribution in [-0.4, -0.2) is 15.3 Å². The first-order chi connectivity index (χ1) is 9.79.